The van der Waals surface area contributed by atoms with E-state index in [2.05, 4.69) is 11.6 Å². The van der Waals surface area contributed by atoms with Gasteiger partial charge in [0, 0.05) is 30.1 Å². The van der Waals surface area contributed by atoms with Gasteiger partial charge in [-0.3, -0.25) is 14.3 Å². The van der Waals surface area contributed by atoms with Crippen molar-refractivity contribution in [2.75, 3.05) is 6.61 Å². The molecule has 1 aliphatic rings. The summed E-state index contributed by atoms with van der Waals surface area (Å²) in [7, 11) is 0. The van der Waals surface area contributed by atoms with Crippen LogP contribution >= 0.6 is 0 Å². The van der Waals surface area contributed by atoms with E-state index in [9.17, 15) is 9.59 Å². The summed E-state index contributed by atoms with van der Waals surface area (Å²) >= 11 is 0. The molecule has 0 radical (unpaired) electrons. The molecule has 1 fully saturated rings. The molecule has 5 nitrogen and oxygen atoms in total. The molecule has 1 saturated carbocycles. The minimum Gasteiger partial charge on any atom is -0.396 e. The van der Waals surface area contributed by atoms with Gasteiger partial charge in [-0.15, -0.1) is 0 Å². The molecule has 2 N–H and O–H groups in total. The number of aryl methyl sites for hydroxylation is 1. The number of hydrogen-bond donors (Lipinski definition) is 2. The van der Waals surface area contributed by atoms with Crippen LogP contribution in [-0.4, -0.2) is 21.3 Å². The average molecular weight is 222 g/mol. The summed E-state index contributed by atoms with van der Waals surface area (Å²) in [5.41, 5.74) is 0.714. The molecule has 2 rings (SSSR count). The first kappa shape index (κ1) is 10.9. The van der Waals surface area contributed by atoms with E-state index < -0.39 is 5.69 Å². The van der Waals surface area contributed by atoms with Gasteiger partial charge in [0.1, 0.15) is 0 Å². The topological polar surface area (TPSA) is 75.1 Å². The van der Waals surface area contributed by atoms with E-state index in [4.69, 9.17) is 5.11 Å². The second-order valence-corrected chi connectivity index (χ2v) is 4.19. The lowest BCUT2D eigenvalue weighted by atomic mass is 10.3. The maximum Gasteiger partial charge on any atom is 0.328 e. The number of rotatable bonds is 3. The molecule has 1 aromatic heterocycles. The lowest BCUT2D eigenvalue weighted by Gasteiger charge is -2.04. The van der Waals surface area contributed by atoms with Crippen molar-refractivity contribution in [2.24, 2.45) is 11.8 Å². The quantitative estimate of drug-likeness (QED) is 0.686. The SMILES string of the molecule is C=C1[C@H](CO)[C@H]1Cn1cc(C)c(=O)[nH]c1=O. The highest BCUT2D eigenvalue weighted by atomic mass is 16.3. The summed E-state index contributed by atoms with van der Waals surface area (Å²) in [6, 6.07) is 0. The molecule has 1 aromatic rings. The van der Waals surface area contributed by atoms with E-state index in [1.165, 1.54) is 4.57 Å². The second kappa shape index (κ2) is 3.75. The maximum atomic E-state index is 11.5. The van der Waals surface area contributed by atoms with Crippen molar-refractivity contribution in [2.45, 2.75) is 13.5 Å². The molecule has 86 valence electrons. The van der Waals surface area contributed by atoms with Crippen LogP contribution in [0, 0.1) is 18.8 Å². The number of H-pyrrole nitrogens is 1. The van der Waals surface area contributed by atoms with Crippen molar-refractivity contribution < 1.29 is 5.11 Å². The van der Waals surface area contributed by atoms with Crippen LogP contribution in [0.15, 0.2) is 27.9 Å². The summed E-state index contributed by atoms with van der Waals surface area (Å²) in [6.45, 7) is 6.01. The molecule has 0 unspecified atom stereocenters. The van der Waals surface area contributed by atoms with Gasteiger partial charge in [-0.25, -0.2) is 4.79 Å². The van der Waals surface area contributed by atoms with E-state index >= 15 is 0 Å². The number of nitrogens with one attached hydrogen (secondary N) is 1. The Morgan fingerprint density at radius 1 is 1.50 bits per heavy atom. The minimum atomic E-state index is -0.410. The Bertz CT molecular complexity index is 541. The van der Waals surface area contributed by atoms with Crippen molar-refractivity contribution >= 4 is 0 Å². The van der Waals surface area contributed by atoms with Gasteiger partial charge in [0.2, 0.25) is 0 Å². The Balaban J connectivity index is 2.24. The third kappa shape index (κ3) is 1.74. The number of hydrogen-bond acceptors (Lipinski definition) is 3. The summed E-state index contributed by atoms with van der Waals surface area (Å²) in [5.74, 6) is 0.243. The third-order valence-corrected chi connectivity index (χ3v) is 3.11. The van der Waals surface area contributed by atoms with Gasteiger partial charge in [0.05, 0.1) is 6.61 Å². The highest BCUT2D eigenvalue weighted by Crippen LogP contribution is 2.44. The molecule has 0 bridgehead atoms. The maximum absolute atomic E-state index is 11.5. The van der Waals surface area contributed by atoms with Crippen molar-refractivity contribution in [3.05, 3.63) is 44.8 Å². The first-order valence-electron chi connectivity index (χ1n) is 5.14. The normalized spacial score (nSPS) is 23.5. The molecule has 1 aliphatic carbocycles. The molecular weight excluding hydrogens is 208 g/mol. The predicted molar refractivity (Wildman–Crippen MR) is 59.3 cm³/mol. The van der Waals surface area contributed by atoms with Crippen LogP contribution in [0.5, 0.6) is 0 Å². The number of aromatic amines is 1. The van der Waals surface area contributed by atoms with E-state index in [0.717, 1.165) is 5.57 Å². The Morgan fingerprint density at radius 3 is 2.75 bits per heavy atom. The second-order valence-electron chi connectivity index (χ2n) is 4.19. The Labute approximate surface area is 92.1 Å². The molecule has 2 atom stereocenters. The van der Waals surface area contributed by atoms with Crippen molar-refractivity contribution in [3.8, 4) is 0 Å². The van der Waals surface area contributed by atoms with Gasteiger partial charge in [0.15, 0.2) is 0 Å². The third-order valence-electron chi connectivity index (χ3n) is 3.11. The van der Waals surface area contributed by atoms with Crippen LogP contribution in [-0.2, 0) is 6.54 Å². The monoisotopic (exact) mass is 222 g/mol. The molecule has 5 heteroatoms. The lowest BCUT2D eigenvalue weighted by Crippen LogP contribution is -2.31. The number of aliphatic hydroxyl groups is 1. The van der Waals surface area contributed by atoms with Crippen LogP contribution in [0.1, 0.15) is 5.56 Å². The smallest absolute Gasteiger partial charge is 0.328 e. The fourth-order valence-electron chi connectivity index (χ4n) is 1.90. The fraction of sp³-hybridized carbons (Fsp3) is 0.455. The molecule has 0 aromatic carbocycles. The molecule has 16 heavy (non-hydrogen) atoms. The van der Waals surface area contributed by atoms with E-state index in [1.807, 2.05) is 0 Å². The molecule has 0 saturated heterocycles. The largest absolute Gasteiger partial charge is 0.396 e. The molecule has 0 aliphatic heterocycles. The van der Waals surface area contributed by atoms with E-state index in [1.54, 1.807) is 13.1 Å². The summed E-state index contributed by atoms with van der Waals surface area (Å²) in [6.07, 6.45) is 1.54. The molecule has 0 spiro atoms. The number of nitrogens with zero attached hydrogens (tertiary/aromatic N) is 1. The highest BCUT2D eigenvalue weighted by molar-refractivity contribution is 5.26. The average Bonchev–Trinajstić information content (AvgIpc) is 2.85. The van der Waals surface area contributed by atoms with Gasteiger partial charge < -0.3 is 5.11 Å². The highest BCUT2D eigenvalue weighted by Gasteiger charge is 2.41. The minimum absolute atomic E-state index is 0.0700. The van der Waals surface area contributed by atoms with Gasteiger partial charge in [-0.05, 0) is 6.92 Å². The summed E-state index contributed by atoms with van der Waals surface area (Å²) in [5, 5.41) is 8.99. The Hall–Kier alpha value is -1.62. The summed E-state index contributed by atoms with van der Waals surface area (Å²) in [4.78, 5) is 24.9. The van der Waals surface area contributed by atoms with Gasteiger partial charge >= 0.3 is 5.69 Å². The fourth-order valence-corrected chi connectivity index (χ4v) is 1.90. The first-order chi connectivity index (χ1) is 7.54. The van der Waals surface area contributed by atoms with Crippen LogP contribution in [0.2, 0.25) is 0 Å². The predicted octanol–water partition coefficient (Wildman–Crippen LogP) is -0.360. The van der Waals surface area contributed by atoms with Crippen LogP contribution in [0.25, 0.3) is 0 Å². The van der Waals surface area contributed by atoms with Crippen LogP contribution < -0.4 is 11.2 Å². The molecular formula is C11H14N2O3. The van der Waals surface area contributed by atoms with Crippen LogP contribution in [0.3, 0.4) is 0 Å². The van der Waals surface area contributed by atoms with E-state index in [-0.39, 0.29) is 24.0 Å². The van der Waals surface area contributed by atoms with Gasteiger partial charge in [0.25, 0.3) is 5.56 Å². The zero-order valence-corrected chi connectivity index (χ0v) is 9.06. The number of aromatic nitrogens is 2. The Morgan fingerprint density at radius 2 is 2.19 bits per heavy atom. The first-order valence-corrected chi connectivity index (χ1v) is 5.14. The van der Waals surface area contributed by atoms with Gasteiger partial charge in [-0.2, -0.15) is 0 Å². The van der Waals surface area contributed by atoms with Gasteiger partial charge in [-0.1, -0.05) is 12.2 Å². The van der Waals surface area contributed by atoms with Crippen molar-refractivity contribution in [3.63, 3.8) is 0 Å². The molecule has 0 amide bonds. The zero-order valence-electron chi connectivity index (χ0n) is 9.06. The zero-order chi connectivity index (χ0) is 11.9. The summed E-state index contributed by atoms with van der Waals surface area (Å²) < 4.78 is 1.46. The lowest BCUT2D eigenvalue weighted by molar-refractivity contribution is 0.268. The van der Waals surface area contributed by atoms with Crippen molar-refractivity contribution in [1.29, 1.82) is 0 Å². The van der Waals surface area contributed by atoms with Crippen molar-refractivity contribution in [1.82, 2.24) is 9.55 Å². The molecule has 1 heterocycles. The van der Waals surface area contributed by atoms with Crippen LogP contribution in [0.4, 0.5) is 0 Å². The standard InChI is InChI=1S/C11H14N2O3/c1-6-3-13(11(16)12-10(6)15)4-8-7(2)9(8)5-14/h3,8-9,14H,2,4-5H2,1H3,(H,12,15,16)/t8-,9-/m0/s1. The van der Waals surface area contributed by atoms with E-state index in [0.29, 0.717) is 12.1 Å². The number of aliphatic hydroxyl groups excluding tert-OH is 1. The Kier molecular flexibility index (Phi) is 2.55.